The van der Waals surface area contributed by atoms with Crippen LogP contribution in [0.15, 0.2) is 30.4 Å². The molecule has 0 saturated heterocycles. The van der Waals surface area contributed by atoms with Gasteiger partial charge in [0.05, 0.1) is 23.3 Å². The lowest BCUT2D eigenvalue weighted by molar-refractivity contribution is -0.131. The molecule has 0 atom stereocenters. The highest BCUT2D eigenvalue weighted by Gasteiger charge is 2.17. The van der Waals surface area contributed by atoms with Gasteiger partial charge in [0.15, 0.2) is 0 Å². The monoisotopic (exact) mass is 363 g/mol. The highest BCUT2D eigenvalue weighted by molar-refractivity contribution is 6.04. The van der Waals surface area contributed by atoms with Crippen molar-refractivity contribution in [1.29, 1.82) is 0 Å². The lowest BCUT2D eigenvalue weighted by Crippen LogP contribution is -2.16. The van der Waals surface area contributed by atoms with E-state index in [0.717, 1.165) is 6.08 Å². The van der Waals surface area contributed by atoms with Gasteiger partial charge >= 0.3 is 17.9 Å². The van der Waals surface area contributed by atoms with Crippen LogP contribution in [0, 0.1) is 0 Å². The van der Waals surface area contributed by atoms with Crippen molar-refractivity contribution in [3.05, 3.63) is 41.5 Å². The first-order valence-corrected chi connectivity index (χ1v) is 7.87. The Morgan fingerprint density at radius 2 is 1.35 bits per heavy atom. The summed E-state index contributed by atoms with van der Waals surface area (Å²) < 4.78 is 10.2. The molecule has 0 aromatic heterocycles. The molecule has 1 aromatic rings. The summed E-state index contributed by atoms with van der Waals surface area (Å²) in [6.45, 7) is 6.70. The number of aliphatic carboxylic acids is 1. The average molecular weight is 363 g/mol. The van der Waals surface area contributed by atoms with Crippen LogP contribution in [0.1, 0.15) is 48.4 Å². The third-order valence-corrected chi connectivity index (χ3v) is 2.73. The quantitative estimate of drug-likeness (QED) is 0.564. The first kappa shape index (κ1) is 20.9. The molecule has 0 radical (unpaired) electrons. The second kappa shape index (κ2) is 9.36. The van der Waals surface area contributed by atoms with Crippen LogP contribution in [0.5, 0.6) is 0 Å². The van der Waals surface area contributed by atoms with Crippen LogP contribution in [0.25, 0.3) is 0 Å². The number of carbonyl (C=O) groups excluding carboxylic acids is 3. The van der Waals surface area contributed by atoms with Gasteiger partial charge in [-0.2, -0.15) is 0 Å². The molecule has 0 bridgehead atoms. The van der Waals surface area contributed by atoms with Gasteiger partial charge in [-0.3, -0.25) is 4.79 Å². The van der Waals surface area contributed by atoms with Gasteiger partial charge in [0.2, 0.25) is 5.91 Å². The van der Waals surface area contributed by atoms with E-state index in [1.165, 1.54) is 18.2 Å². The molecule has 8 nitrogen and oxygen atoms in total. The number of amides is 1. The van der Waals surface area contributed by atoms with Gasteiger partial charge < -0.3 is 19.9 Å². The molecule has 0 aliphatic carbocycles. The largest absolute Gasteiger partial charge is 0.478 e. The number of benzene rings is 1. The van der Waals surface area contributed by atoms with Gasteiger partial charge in [-0.05, 0) is 45.9 Å². The van der Waals surface area contributed by atoms with Gasteiger partial charge in [-0.15, -0.1) is 0 Å². The zero-order valence-electron chi connectivity index (χ0n) is 14.9. The fourth-order valence-electron chi connectivity index (χ4n) is 1.83. The van der Waals surface area contributed by atoms with E-state index in [-0.39, 0.29) is 29.0 Å². The van der Waals surface area contributed by atoms with E-state index in [9.17, 15) is 19.2 Å². The normalized spacial score (nSPS) is 10.8. The first-order chi connectivity index (χ1) is 12.1. The van der Waals surface area contributed by atoms with Gasteiger partial charge in [0, 0.05) is 17.8 Å². The van der Waals surface area contributed by atoms with E-state index in [4.69, 9.17) is 14.6 Å². The van der Waals surface area contributed by atoms with Crippen LogP contribution in [-0.4, -0.2) is 41.1 Å². The number of hydrogen-bond donors (Lipinski definition) is 2. The van der Waals surface area contributed by atoms with E-state index >= 15 is 0 Å². The minimum absolute atomic E-state index is 0.0504. The maximum absolute atomic E-state index is 12.1. The molecule has 0 spiro atoms. The number of ether oxygens (including phenoxy) is 2. The molecule has 1 amide bonds. The molecular weight excluding hydrogens is 342 g/mol. The molecule has 1 aromatic carbocycles. The zero-order valence-corrected chi connectivity index (χ0v) is 14.9. The van der Waals surface area contributed by atoms with Crippen molar-refractivity contribution >= 4 is 29.5 Å². The summed E-state index contributed by atoms with van der Waals surface area (Å²) in [7, 11) is 0. The highest BCUT2D eigenvalue weighted by Crippen LogP contribution is 2.18. The van der Waals surface area contributed by atoms with Crippen LogP contribution in [0.2, 0.25) is 0 Å². The Morgan fingerprint density at radius 1 is 0.885 bits per heavy atom. The molecule has 2 N–H and O–H groups in total. The number of carboxylic acids is 1. The predicted octanol–water partition coefficient (Wildman–Crippen LogP) is 2.40. The fraction of sp³-hybridized carbons (Fsp3) is 0.333. The summed E-state index contributed by atoms with van der Waals surface area (Å²) >= 11 is 0. The average Bonchev–Trinajstić information content (AvgIpc) is 2.51. The molecule has 0 aliphatic rings. The fourth-order valence-corrected chi connectivity index (χ4v) is 1.83. The Kier molecular flexibility index (Phi) is 7.52. The molecule has 0 fully saturated rings. The maximum Gasteiger partial charge on any atom is 0.338 e. The van der Waals surface area contributed by atoms with Crippen molar-refractivity contribution in [2.45, 2.75) is 39.9 Å². The number of carboxylic acid groups (broad SMARTS) is 1. The van der Waals surface area contributed by atoms with Gasteiger partial charge in [-0.1, -0.05) is 0 Å². The predicted molar refractivity (Wildman–Crippen MR) is 93.0 cm³/mol. The molecule has 0 unspecified atom stereocenters. The number of nitrogens with one attached hydrogen (secondary N) is 1. The summed E-state index contributed by atoms with van der Waals surface area (Å²) in [5.41, 5.74) is 0.225. The Balaban J connectivity index is 3.18. The second-order valence-corrected chi connectivity index (χ2v) is 5.87. The lowest BCUT2D eigenvalue weighted by Gasteiger charge is -2.13. The van der Waals surface area contributed by atoms with Crippen LogP contribution in [0.4, 0.5) is 5.69 Å². The molecule has 8 heteroatoms. The maximum atomic E-state index is 12.1. The Morgan fingerprint density at radius 3 is 1.73 bits per heavy atom. The summed E-state index contributed by atoms with van der Waals surface area (Å²) in [6, 6.07) is 3.95. The van der Waals surface area contributed by atoms with Crippen molar-refractivity contribution in [2.75, 3.05) is 5.32 Å². The SMILES string of the molecule is CC(C)OC(=O)c1cc(NC(=O)C=CC(=O)O)cc(C(=O)OC(C)C)c1. The molecular formula is C18H21NO7. The number of anilines is 1. The minimum atomic E-state index is -1.28. The molecule has 0 heterocycles. The van der Waals surface area contributed by atoms with Gasteiger partial charge in [0.25, 0.3) is 0 Å². The van der Waals surface area contributed by atoms with Crippen molar-refractivity contribution in [3.63, 3.8) is 0 Å². The zero-order chi connectivity index (χ0) is 19.9. The number of esters is 2. The van der Waals surface area contributed by atoms with E-state index in [0.29, 0.717) is 6.08 Å². The highest BCUT2D eigenvalue weighted by atomic mass is 16.5. The van der Waals surface area contributed by atoms with Gasteiger partial charge in [0.1, 0.15) is 0 Å². The number of rotatable bonds is 7. The first-order valence-electron chi connectivity index (χ1n) is 7.87. The summed E-state index contributed by atoms with van der Waals surface area (Å²) in [5, 5.41) is 10.9. The molecule has 0 saturated carbocycles. The van der Waals surface area contributed by atoms with Crippen LogP contribution in [-0.2, 0) is 19.1 Å². The topological polar surface area (TPSA) is 119 Å². The van der Waals surface area contributed by atoms with E-state index in [1.54, 1.807) is 27.7 Å². The summed E-state index contributed by atoms with van der Waals surface area (Å²) in [5.74, 6) is -3.35. The summed E-state index contributed by atoms with van der Waals surface area (Å²) in [4.78, 5) is 46.5. The third kappa shape index (κ3) is 7.16. The van der Waals surface area contributed by atoms with Crippen LogP contribution < -0.4 is 5.32 Å². The van der Waals surface area contributed by atoms with Crippen molar-refractivity contribution in [2.24, 2.45) is 0 Å². The Hall–Kier alpha value is -3.16. The molecule has 1 rings (SSSR count). The molecule has 26 heavy (non-hydrogen) atoms. The smallest absolute Gasteiger partial charge is 0.338 e. The van der Waals surface area contributed by atoms with Crippen LogP contribution in [0.3, 0.4) is 0 Å². The Labute approximate surface area is 150 Å². The van der Waals surface area contributed by atoms with E-state index in [2.05, 4.69) is 5.32 Å². The number of hydrogen-bond acceptors (Lipinski definition) is 6. The molecule has 0 aliphatic heterocycles. The standard InChI is InChI=1S/C18H21NO7/c1-10(2)25-17(23)12-7-13(18(24)26-11(3)4)9-14(8-12)19-15(20)5-6-16(21)22/h5-11H,1-4H3,(H,19,20)(H,21,22). The van der Waals surface area contributed by atoms with Crippen molar-refractivity contribution in [1.82, 2.24) is 0 Å². The van der Waals surface area contributed by atoms with Gasteiger partial charge in [-0.25, -0.2) is 14.4 Å². The van der Waals surface area contributed by atoms with E-state index < -0.39 is 23.8 Å². The Bertz CT molecular complexity index is 695. The third-order valence-electron chi connectivity index (χ3n) is 2.73. The summed E-state index contributed by atoms with van der Waals surface area (Å²) in [6.07, 6.45) is 0.740. The lowest BCUT2D eigenvalue weighted by atomic mass is 10.1. The minimum Gasteiger partial charge on any atom is -0.478 e. The van der Waals surface area contributed by atoms with Crippen LogP contribution >= 0.6 is 0 Å². The van der Waals surface area contributed by atoms with Crippen molar-refractivity contribution < 1.29 is 33.8 Å². The number of carbonyl (C=O) groups is 4. The molecule has 140 valence electrons. The van der Waals surface area contributed by atoms with Crippen molar-refractivity contribution in [3.8, 4) is 0 Å². The second-order valence-electron chi connectivity index (χ2n) is 5.87. The van der Waals surface area contributed by atoms with E-state index in [1.807, 2.05) is 0 Å².